The number of hydrogen-bond donors (Lipinski definition) is 1. The molecular formula is C16H32O2. The summed E-state index contributed by atoms with van der Waals surface area (Å²) in [5, 5.41) is 10.6. The minimum absolute atomic E-state index is 0.111. The van der Waals surface area contributed by atoms with Crippen LogP contribution in [0.3, 0.4) is 0 Å². The number of aliphatic hydroxyl groups excluding tert-OH is 1. The highest BCUT2D eigenvalue weighted by Crippen LogP contribution is 2.45. The third kappa shape index (κ3) is 3.71. The second kappa shape index (κ2) is 4.79. The van der Waals surface area contributed by atoms with Crippen LogP contribution >= 0.6 is 0 Å². The molecule has 0 aromatic carbocycles. The lowest BCUT2D eigenvalue weighted by Crippen LogP contribution is -2.38. The van der Waals surface area contributed by atoms with Gasteiger partial charge >= 0.3 is 0 Å². The highest BCUT2D eigenvalue weighted by Gasteiger charge is 2.49. The first-order valence-corrected chi connectivity index (χ1v) is 7.23. The van der Waals surface area contributed by atoms with Crippen molar-refractivity contribution in [3.8, 4) is 0 Å². The van der Waals surface area contributed by atoms with Gasteiger partial charge in [0.2, 0.25) is 0 Å². The zero-order chi connectivity index (χ0) is 14.4. The van der Waals surface area contributed by atoms with E-state index in [0.717, 1.165) is 12.8 Å². The lowest BCUT2D eigenvalue weighted by atomic mass is 9.74. The van der Waals surface area contributed by atoms with Crippen LogP contribution in [0.5, 0.6) is 0 Å². The van der Waals surface area contributed by atoms with Crippen LogP contribution < -0.4 is 0 Å². The summed E-state index contributed by atoms with van der Waals surface area (Å²) in [5.41, 5.74) is -0.0826. The Morgan fingerprint density at radius 3 is 2.06 bits per heavy atom. The molecule has 2 nitrogen and oxygen atoms in total. The van der Waals surface area contributed by atoms with Gasteiger partial charge in [0.05, 0.1) is 17.3 Å². The molecule has 1 aliphatic heterocycles. The SMILES string of the molecule is CC(CC(O)C1CC(C)(C)OC1(C)C)C(C)(C)C. The molecule has 1 aliphatic rings. The quantitative estimate of drug-likeness (QED) is 0.826. The molecule has 0 amide bonds. The molecule has 3 atom stereocenters. The van der Waals surface area contributed by atoms with Gasteiger partial charge in [-0.25, -0.2) is 0 Å². The fourth-order valence-electron chi connectivity index (χ4n) is 3.08. The van der Waals surface area contributed by atoms with Gasteiger partial charge in [-0.1, -0.05) is 27.7 Å². The van der Waals surface area contributed by atoms with E-state index in [-0.39, 0.29) is 28.6 Å². The molecule has 0 bridgehead atoms. The molecule has 0 radical (unpaired) electrons. The van der Waals surface area contributed by atoms with Crippen molar-refractivity contribution >= 4 is 0 Å². The average Bonchev–Trinajstić information content (AvgIpc) is 2.32. The molecule has 0 aromatic heterocycles. The largest absolute Gasteiger partial charge is 0.393 e. The van der Waals surface area contributed by atoms with Crippen molar-refractivity contribution in [1.82, 2.24) is 0 Å². The molecule has 1 fully saturated rings. The lowest BCUT2D eigenvalue weighted by Gasteiger charge is -2.34. The number of rotatable bonds is 3. The van der Waals surface area contributed by atoms with Crippen LogP contribution in [0.2, 0.25) is 0 Å². The zero-order valence-electron chi connectivity index (χ0n) is 13.5. The van der Waals surface area contributed by atoms with Gasteiger partial charge in [0, 0.05) is 5.92 Å². The first kappa shape index (κ1) is 16.0. The fraction of sp³-hybridized carbons (Fsp3) is 1.00. The van der Waals surface area contributed by atoms with Gasteiger partial charge in [0.15, 0.2) is 0 Å². The molecule has 1 heterocycles. The second-order valence-corrected chi connectivity index (χ2v) is 8.35. The molecule has 0 saturated carbocycles. The monoisotopic (exact) mass is 256 g/mol. The molecular weight excluding hydrogens is 224 g/mol. The lowest BCUT2D eigenvalue weighted by molar-refractivity contribution is -0.0903. The zero-order valence-corrected chi connectivity index (χ0v) is 13.5. The Labute approximate surface area is 113 Å². The molecule has 2 heteroatoms. The van der Waals surface area contributed by atoms with Gasteiger partial charge in [-0.05, 0) is 51.9 Å². The van der Waals surface area contributed by atoms with Crippen LogP contribution in [0.4, 0.5) is 0 Å². The number of ether oxygens (including phenoxy) is 1. The van der Waals surface area contributed by atoms with E-state index >= 15 is 0 Å². The highest BCUT2D eigenvalue weighted by molar-refractivity contribution is 4.97. The Morgan fingerprint density at radius 2 is 1.72 bits per heavy atom. The summed E-state index contributed by atoms with van der Waals surface area (Å²) in [4.78, 5) is 0. The predicted molar refractivity (Wildman–Crippen MR) is 76.6 cm³/mol. The van der Waals surface area contributed by atoms with Crippen LogP contribution in [0, 0.1) is 17.3 Å². The van der Waals surface area contributed by atoms with Crippen LogP contribution in [0.15, 0.2) is 0 Å². The Hall–Kier alpha value is -0.0800. The molecule has 18 heavy (non-hydrogen) atoms. The van der Waals surface area contributed by atoms with Crippen molar-refractivity contribution in [3.63, 3.8) is 0 Å². The molecule has 1 rings (SSSR count). The summed E-state index contributed by atoms with van der Waals surface area (Å²) in [6, 6.07) is 0. The Balaban J connectivity index is 2.71. The van der Waals surface area contributed by atoms with E-state index in [2.05, 4.69) is 55.4 Å². The molecule has 1 saturated heterocycles. The van der Waals surface area contributed by atoms with E-state index in [1.54, 1.807) is 0 Å². The molecule has 108 valence electrons. The van der Waals surface area contributed by atoms with Gasteiger partial charge in [0.25, 0.3) is 0 Å². The Bertz CT molecular complexity index is 286. The van der Waals surface area contributed by atoms with Crippen molar-refractivity contribution in [1.29, 1.82) is 0 Å². The minimum atomic E-state index is -0.268. The Kier molecular flexibility index (Phi) is 4.25. The summed E-state index contributed by atoms with van der Waals surface area (Å²) < 4.78 is 6.08. The maximum absolute atomic E-state index is 10.6. The summed E-state index contributed by atoms with van der Waals surface area (Å²) >= 11 is 0. The van der Waals surface area contributed by atoms with E-state index in [9.17, 15) is 5.11 Å². The van der Waals surface area contributed by atoms with Crippen molar-refractivity contribution in [3.05, 3.63) is 0 Å². The van der Waals surface area contributed by atoms with E-state index < -0.39 is 0 Å². The summed E-state index contributed by atoms with van der Waals surface area (Å²) in [5.74, 6) is 0.740. The van der Waals surface area contributed by atoms with Crippen LogP contribution in [-0.2, 0) is 4.74 Å². The average molecular weight is 256 g/mol. The van der Waals surface area contributed by atoms with Crippen LogP contribution in [0.1, 0.15) is 68.2 Å². The van der Waals surface area contributed by atoms with E-state index in [1.807, 2.05) is 0 Å². The summed E-state index contributed by atoms with van der Waals surface area (Å²) in [6.07, 6.45) is 1.53. The molecule has 0 aromatic rings. The first-order chi connectivity index (χ1) is 7.85. The molecule has 0 aliphatic carbocycles. The maximum atomic E-state index is 10.6. The molecule has 1 N–H and O–H groups in total. The normalized spacial score (nSPS) is 30.2. The van der Waals surface area contributed by atoms with E-state index in [1.165, 1.54) is 0 Å². The van der Waals surface area contributed by atoms with Crippen molar-refractivity contribution in [2.75, 3.05) is 0 Å². The maximum Gasteiger partial charge on any atom is 0.0687 e. The highest BCUT2D eigenvalue weighted by atomic mass is 16.5. The standard InChI is InChI=1S/C16H32O2/c1-11(14(2,3)4)9-13(17)12-10-15(5,6)18-16(12,7)8/h11-13,17H,9-10H2,1-8H3. The molecule has 0 spiro atoms. The minimum Gasteiger partial charge on any atom is -0.393 e. The topological polar surface area (TPSA) is 29.5 Å². The van der Waals surface area contributed by atoms with Gasteiger partial charge < -0.3 is 9.84 Å². The van der Waals surface area contributed by atoms with Gasteiger partial charge in [0.1, 0.15) is 0 Å². The van der Waals surface area contributed by atoms with Crippen molar-refractivity contribution in [2.45, 2.75) is 85.5 Å². The van der Waals surface area contributed by atoms with E-state index in [4.69, 9.17) is 4.74 Å². The van der Waals surface area contributed by atoms with Crippen LogP contribution in [0.25, 0.3) is 0 Å². The fourth-order valence-corrected chi connectivity index (χ4v) is 3.08. The summed E-state index contributed by atoms with van der Waals surface area (Å²) in [6.45, 7) is 17.4. The van der Waals surface area contributed by atoms with Crippen molar-refractivity contribution < 1.29 is 9.84 Å². The van der Waals surface area contributed by atoms with Crippen LogP contribution in [-0.4, -0.2) is 22.4 Å². The predicted octanol–water partition coefficient (Wildman–Crippen LogP) is 4.01. The third-order valence-electron chi connectivity index (χ3n) is 4.68. The van der Waals surface area contributed by atoms with Gasteiger partial charge in [-0.15, -0.1) is 0 Å². The number of hydrogen-bond acceptors (Lipinski definition) is 2. The molecule has 3 unspecified atom stereocenters. The second-order valence-electron chi connectivity index (χ2n) is 8.35. The first-order valence-electron chi connectivity index (χ1n) is 7.23. The third-order valence-corrected chi connectivity index (χ3v) is 4.68. The van der Waals surface area contributed by atoms with Gasteiger partial charge in [-0.3, -0.25) is 0 Å². The Morgan fingerprint density at radius 1 is 1.22 bits per heavy atom. The van der Waals surface area contributed by atoms with Crippen molar-refractivity contribution in [2.24, 2.45) is 17.3 Å². The van der Waals surface area contributed by atoms with E-state index in [0.29, 0.717) is 5.92 Å². The van der Waals surface area contributed by atoms with Gasteiger partial charge in [-0.2, -0.15) is 0 Å². The summed E-state index contributed by atoms with van der Waals surface area (Å²) in [7, 11) is 0. The smallest absolute Gasteiger partial charge is 0.0687 e. The number of aliphatic hydroxyl groups is 1.